The number of benzene rings is 2. The maximum absolute atomic E-state index is 15.3. The van der Waals surface area contributed by atoms with Crippen LogP contribution in [-0.2, 0) is 6.42 Å². The Balaban J connectivity index is 1.71. The van der Waals surface area contributed by atoms with Gasteiger partial charge >= 0.3 is 0 Å². The number of pyridine rings is 1. The van der Waals surface area contributed by atoms with Crippen LogP contribution in [0, 0.1) is 11.7 Å². The van der Waals surface area contributed by atoms with Gasteiger partial charge in [0.05, 0.1) is 5.56 Å². The molecule has 1 saturated carbocycles. The summed E-state index contributed by atoms with van der Waals surface area (Å²) in [6.45, 7) is 2.15. The average Bonchev–Trinajstić information content (AvgIpc) is 2.73. The van der Waals surface area contributed by atoms with Crippen LogP contribution in [0.25, 0.3) is 10.8 Å². The second-order valence-electron chi connectivity index (χ2n) is 7.95. The third-order valence-corrected chi connectivity index (χ3v) is 6.14. The van der Waals surface area contributed by atoms with Gasteiger partial charge in [0.25, 0.3) is 5.91 Å². The molecule has 1 aromatic heterocycles. The van der Waals surface area contributed by atoms with E-state index in [1.54, 1.807) is 30.5 Å². The molecule has 4 rings (SSSR count). The Labute approximate surface area is 175 Å². The summed E-state index contributed by atoms with van der Waals surface area (Å²) >= 11 is 5.89. The predicted molar refractivity (Wildman–Crippen MR) is 115 cm³/mol. The second-order valence-corrected chi connectivity index (χ2v) is 8.34. The number of carbonyl (C=O) groups excluding carboxylic acids is 1. The van der Waals surface area contributed by atoms with E-state index in [1.807, 2.05) is 18.2 Å². The van der Waals surface area contributed by atoms with Crippen LogP contribution >= 0.6 is 11.6 Å². The third kappa shape index (κ3) is 4.27. The summed E-state index contributed by atoms with van der Waals surface area (Å²) in [6, 6.07) is 12.7. The Hall–Kier alpha value is -2.46. The number of rotatable bonds is 4. The Kier molecular flexibility index (Phi) is 5.81. The molecule has 0 aliphatic heterocycles. The lowest BCUT2D eigenvalue weighted by Gasteiger charge is -2.29. The monoisotopic (exact) mass is 410 g/mol. The first-order chi connectivity index (χ1) is 14.0. The van der Waals surface area contributed by atoms with Crippen LogP contribution in [0.2, 0.25) is 5.15 Å². The fourth-order valence-electron chi connectivity index (χ4n) is 4.23. The first-order valence-electron chi connectivity index (χ1n) is 10.1. The lowest BCUT2D eigenvalue weighted by Crippen LogP contribution is -2.41. The van der Waals surface area contributed by atoms with Gasteiger partial charge in [-0.15, -0.1) is 0 Å². The standard InChI is InChI=1S/C24H24ClFN2O/c1-15-6-2-5-9-21(15)28-24(29)20-13-17(12-16-10-11-22(25)27-14-16)18-7-3-4-8-19(18)23(20)26/h3-4,7-8,10-11,13-15,21H,2,5-6,9,12H2,1H3,(H,28,29). The van der Waals surface area contributed by atoms with Gasteiger partial charge in [-0.05, 0) is 53.8 Å². The van der Waals surface area contributed by atoms with E-state index in [0.29, 0.717) is 22.9 Å². The van der Waals surface area contributed by atoms with Crippen molar-refractivity contribution in [2.75, 3.05) is 0 Å². The fraction of sp³-hybridized carbons (Fsp3) is 0.333. The first kappa shape index (κ1) is 19.8. The van der Waals surface area contributed by atoms with Gasteiger partial charge in [0.2, 0.25) is 0 Å². The van der Waals surface area contributed by atoms with Gasteiger partial charge < -0.3 is 5.32 Å². The number of nitrogens with one attached hydrogen (secondary N) is 1. The van der Waals surface area contributed by atoms with Crippen molar-refractivity contribution in [3.05, 3.63) is 76.3 Å². The molecule has 2 atom stereocenters. The van der Waals surface area contributed by atoms with E-state index in [0.717, 1.165) is 35.8 Å². The summed E-state index contributed by atoms with van der Waals surface area (Å²) in [7, 11) is 0. The van der Waals surface area contributed by atoms with Crippen LogP contribution in [0.3, 0.4) is 0 Å². The van der Waals surface area contributed by atoms with Crippen LogP contribution in [0.1, 0.15) is 54.1 Å². The number of halogens is 2. The molecule has 2 aromatic carbocycles. The van der Waals surface area contributed by atoms with E-state index in [1.165, 1.54) is 6.42 Å². The second kappa shape index (κ2) is 8.50. The number of aromatic nitrogens is 1. The maximum atomic E-state index is 15.3. The van der Waals surface area contributed by atoms with Crippen molar-refractivity contribution in [2.45, 2.75) is 45.1 Å². The van der Waals surface area contributed by atoms with Crippen molar-refractivity contribution in [3.63, 3.8) is 0 Å². The molecule has 0 saturated heterocycles. The molecule has 1 heterocycles. The normalized spacial score (nSPS) is 19.3. The number of carbonyl (C=O) groups is 1. The highest BCUT2D eigenvalue weighted by atomic mass is 35.5. The van der Waals surface area contributed by atoms with Gasteiger partial charge in [0.15, 0.2) is 0 Å². The van der Waals surface area contributed by atoms with Crippen molar-refractivity contribution < 1.29 is 9.18 Å². The highest BCUT2D eigenvalue weighted by Crippen LogP contribution is 2.29. The molecule has 150 valence electrons. The van der Waals surface area contributed by atoms with E-state index in [4.69, 9.17) is 11.6 Å². The van der Waals surface area contributed by atoms with Crippen LogP contribution in [0.4, 0.5) is 4.39 Å². The third-order valence-electron chi connectivity index (χ3n) is 5.92. The van der Waals surface area contributed by atoms with Gasteiger partial charge in [0.1, 0.15) is 11.0 Å². The zero-order valence-electron chi connectivity index (χ0n) is 16.4. The Morgan fingerprint density at radius 1 is 1.17 bits per heavy atom. The SMILES string of the molecule is CC1CCCCC1NC(=O)c1cc(Cc2ccc(Cl)nc2)c2ccccc2c1F. The highest BCUT2D eigenvalue weighted by molar-refractivity contribution is 6.29. The number of fused-ring (bicyclic) bond motifs is 1. The number of hydrogen-bond donors (Lipinski definition) is 1. The van der Waals surface area contributed by atoms with Crippen LogP contribution in [0.5, 0.6) is 0 Å². The molecule has 1 fully saturated rings. The van der Waals surface area contributed by atoms with Crippen molar-refractivity contribution >= 4 is 28.3 Å². The number of hydrogen-bond acceptors (Lipinski definition) is 2. The highest BCUT2D eigenvalue weighted by Gasteiger charge is 2.25. The molecular formula is C24H24ClFN2O. The zero-order valence-corrected chi connectivity index (χ0v) is 17.2. The molecule has 3 aromatic rings. The summed E-state index contributed by atoms with van der Waals surface area (Å²) < 4.78 is 15.3. The average molecular weight is 411 g/mol. The Morgan fingerprint density at radius 2 is 1.93 bits per heavy atom. The maximum Gasteiger partial charge on any atom is 0.254 e. The summed E-state index contributed by atoms with van der Waals surface area (Å²) in [4.78, 5) is 17.1. The Morgan fingerprint density at radius 3 is 2.66 bits per heavy atom. The zero-order chi connectivity index (χ0) is 20.4. The molecule has 0 bridgehead atoms. The molecule has 1 aliphatic rings. The smallest absolute Gasteiger partial charge is 0.254 e. The minimum absolute atomic E-state index is 0.103. The summed E-state index contributed by atoms with van der Waals surface area (Å²) in [6.07, 6.45) is 6.60. The molecular weight excluding hydrogens is 387 g/mol. The minimum atomic E-state index is -0.459. The minimum Gasteiger partial charge on any atom is -0.349 e. The molecule has 29 heavy (non-hydrogen) atoms. The molecule has 1 aliphatic carbocycles. The summed E-state index contributed by atoms with van der Waals surface area (Å²) in [5.41, 5.74) is 1.96. The molecule has 0 spiro atoms. The molecule has 5 heteroatoms. The Bertz CT molecular complexity index is 1030. The lowest BCUT2D eigenvalue weighted by molar-refractivity contribution is 0.0906. The molecule has 1 N–H and O–H groups in total. The van der Waals surface area contributed by atoms with Gasteiger partial charge in [-0.25, -0.2) is 9.37 Å². The van der Waals surface area contributed by atoms with E-state index < -0.39 is 5.82 Å². The molecule has 3 nitrogen and oxygen atoms in total. The van der Waals surface area contributed by atoms with Crippen LogP contribution < -0.4 is 5.32 Å². The largest absolute Gasteiger partial charge is 0.349 e. The lowest BCUT2D eigenvalue weighted by atomic mass is 9.85. The summed E-state index contributed by atoms with van der Waals surface area (Å²) in [5, 5.41) is 4.78. The van der Waals surface area contributed by atoms with E-state index in [-0.39, 0.29) is 17.5 Å². The van der Waals surface area contributed by atoms with Crippen molar-refractivity contribution in [1.29, 1.82) is 0 Å². The van der Waals surface area contributed by atoms with Crippen LogP contribution in [0.15, 0.2) is 48.7 Å². The topological polar surface area (TPSA) is 42.0 Å². The van der Waals surface area contributed by atoms with Crippen molar-refractivity contribution in [1.82, 2.24) is 10.3 Å². The number of nitrogens with zero attached hydrogens (tertiary/aromatic N) is 1. The molecule has 1 amide bonds. The van der Waals surface area contributed by atoms with Gasteiger partial charge in [-0.3, -0.25) is 4.79 Å². The van der Waals surface area contributed by atoms with Gasteiger partial charge in [-0.1, -0.05) is 61.7 Å². The summed E-state index contributed by atoms with van der Waals surface area (Å²) in [5.74, 6) is -0.377. The molecule has 0 radical (unpaired) electrons. The van der Waals surface area contributed by atoms with E-state index in [9.17, 15) is 4.79 Å². The molecule has 2 unspecified atom stereocenters. The van der Waals surface area contributed by atoms with Gasteiger partial charge in [-0.2, -0.15) is 0 Å². The first-order valence-corrected chi connectivity index (χ1v) is 10.5. The van der Waals surface area contributed by atoms with Crippen molar-refractivity contribution in [2.24, 2.45) is 5.92 Å². The number of amides is 1. The fourth-order valence-corrected chi connectivity index (χ4v) is 4.35. The van der Waals surface area contributed by atoms with E-state index in [2.05, 4.69) is 17.2 Å². The van der Waals surface area contributed by atoms with Gasteiger partial charge in [0, 0.05) is 17.6 Å². The van der Waals surface area contributed by atoms with Crippen molar-refractivity contribution in [3.8, 4) is 0 Å². The quantitative estimate of drug-likeness (QED) is 0.542. The van der Waals surface area contributed by atoms with E-state index >= 15 is 4.39 Å². The predicted octanol–water partition coefficient (Wildman–Crippen LogP) is 5.93. The van der Waals surface area contributed by atoms with Crippen LogP contribution in [-0.4, -0.2) is 16.9 Å².